The van der Waals surface area contributed by atoms with Gasteiger partial charge in [0.05, 0.1) is 25.5 Å². The van der Waals surface area contributed by atoms with E-state index in [-0.39, 0.29) is 6.61 Å². The molecule has 2 aromatic carbocycles. The molecule has 0 radical (unpaired) electrons. The number of benzene rings is 2. The minimum Gasteiger partial charge on any atom is -0.493 e. The lowest BCUT2D eigenvalue weighted by Gasteiger charge is -2.14. The first kappa shape index (κ1) is 19.5. The van der Waals surface area contributed by atoms with Crippen LogP contribution in [0.15, 0.2) is 54.2 Å². The third-order valence-electron chi connectivity index (χ3n) is 3.65. The van der Waals surface area contributed by atoms with Crippen molar-refractivity contribution in [3.63, 3.8) is 0 Å². The van der Waals surface area contributed by atoms with E-state index in [1.54, 1.807) is 32.6 Å². The van der Waals surface area contributed by atoms with Crippen molar-refractivity contribution >= 4 is 17.8 Å². The van der Waals surface area contributed by atoms with Crippen LogP contribution in [-0.2, 0) is 0 Å². The normalized spacial score (nSPS) is 10.8. The summed E-state index contributed by atoms with van der Waals surface area (Å²) in [5.74, 6) is 2.24. The Morgan fingerprint density at radius 1 is 0.964 bits per heavy atom. The van der Waals surface area contributed by atoms with Gasteiger partial charge in [0.1, 0.15) is 25.9 Å². The maximum atomic E-state index is 6.36. The number of para-hydroxylation sites is 2. The van der Waals surface area contributed by atoms with Gasteiger partial charge >= 0.3 is 0 Å². The highest BCUT2D eigenvalue weighted by Gasteiger charge is 2.12. The molecule has 0 unspecified atom stereocenters. The van der Waals surface area contributed by atoms with Crippen molar-refractivity contribution in [3.05, 3.63) is 59.6 Å². The van der Waals surface area contributed by atoms with Crippen LogP contribution in [0.4, 0.5) is 0 Å². The molecule has 1 aromatic heterocycles. The number of hydrogen-bond acceptors (Lipinski definition) is 7. The minimum absolute atomic E-state index is 0.280. The molecule has 28 heavy (non-hydrogen) atoms. The number of rotatable bonds is 9. The Morgan fingerprint density at radius 2 is 1.64 bits per heavy atom. The van der Waals surface area contributed by atoms with Crippen molar-refractivity contribution in [2.75, 3.05) is 27.4 Å². The van der Waals surface area contributed by atoms with E-state index in [1.165, 1.54) is 17.3 Å². The Labute approximate surface area is 167 Å². The van der Waals surface area contributed by atoms with Crippen LogP contribution in [-0.4, -0.2) is 48.5 Å². The van der Waals surface area contributed by atoms with Crippen LogP contribution in [0.3, 0.4) is 0 Å². The van der Waals surface area contributed by atoms with E-state index in [2.05, 4.69) is 15.3 Å². The van der Waals surface area contributed by atoms with Crippen molar-refractivity contribution in [1.82, 2.24) is 14.9 Å². The van der Waals surface area contributed by atoms with Crippen molar-refractivity contribution in [2.45, 2.75) is 0 Å². The molecule has 0 spiro atoms. The predicted molar refractivity (Wildman–Crippen MR) is 105 cm³/mol. The Balaban J connectivity index is 1.63. The van der Waals surface area contributed by atoms with E-state index < -0.39 is 0 Å². The van der Waals surface area contributed by atoms with Gasteiger partial charge in [0.2, 0.25) is 0 Å². The van der Waals surface area contributed by atoms with Crippen LogP contribution in [0.1, 0.15) is 5.56 Å². The summed E-state index contributed by atoms with van der Waals surface area (Å²) in [4.78, 5) is 0. The number of methoxy groups -OCH3 is 2. The van der Waals surface area contributed by atoms with E-state index in [0.717, 1.165) is 5.56 Å². The molecule has 0 N–H and O–H groups in total. The predicted octanol–water partition coefficient (Wildman–Crippen LogP) is 3.29. The number of ether oxygens (including phenoxy) is 4. The first-order chi connectivity index (χ1) is 13.7. The second-order valence-electron chi connectivity index (χ2n) is 5.47. The van der Waals surface area contributed by atoms with Gasteiger partial charge in [0.25, 0.3) is 0 Å². The van der Waals surface area contributed by atoms with Crippen molar-refractivity contribution in [3.8, 4) is 23.0 Å². The molecule has 9 heteroatoms. The van der Waals surface area contributed by atoms with E-state index in [1.807, 2.05) is 24.3 Å². The molecule has 0 aliphatic heterocycles. The highest BCUT2D eigenvalue weighted by Crippen LogP contribution is 2.36. The fourth-order valence-corrected chi connectivity index (χ4v) is 2.65. The van der Waals surface area contributed by atoms with Gasteiger partial charge in [-0.05, 0) is 29.8 Å². The zero-order valence-electron chi connectivity index (χ0n) is 15.4. The standard InChI is InChI=1S/C19H19ClN4O4/c1-25-16-5-3-4-6-17(16)27-7-8-28-19-15(20)9-14(10-18(19)26-2)11-23-24-12-21-22-13-24/h3-6,9-13H,7-8H2,1-2H3/b23-11+. The SMILES string of the molecule is COc1ccccc1OCCOc1c(Cl)cc(/C=N/n2cnnc2)cc1OC. The van der Waals surface area contributed by atoms with Crippen molar-refractivity contribution in [1.29, 1.82) is 0 Å². The van der Waals surface area contributed by atoms with Gasteiger partial charge in [0.15, 0.2) is 23.0 Å². The molecular weight excluding hydrogens is 384 g/mol. The topological polar surface area (TPSA) is 80.0 Å². The van der Waals surface area contributed by atoms with Gasteiger partial charge in [-0.3, -0.25) is 0 Å². The summed E-state index contributed by atoms with van der Waals surface area (Å²) in [5, 5.41) is 12.0. The summed E-state index contributed by atoms with van der Waals surface area (Å²) in [6.07, 6.45) is 4.58. The lowest BCUT2D eigenvalue weighted by molar-refractivity contribution is 0.206. The quantitative estimate of drug-likeness (QED) is 0.403. The number of aromatic nitrogens is 3. The van der Waals surface area contributed by atoms with Crippen LogP contribution >= 0.6 is 11.6 Å². The lowest BCUT2D eigenvalue weighted by Crippen LogP contribution is -2.10. The van der Waals surface area contributed by atoms with Crippen LogP contribution in [0.5, 0.6) is 23.0 Å². The summed E-state index contributed by atoms with van der Waals surface area (Å²) in [5.41, 5.74) is 0.744. The van der Waals surface area contributed by atoms with E-state index in [9.17, 15) is 0 Å². The average molecular weight is 403 g/mol. The molecule has 0 amide bonds. The summed E-state index contributed by atoms with van der Waals surface area (Å²) in [6.45, 7) is 0.596. The fourth-order valence-electron chi connectivity index (χ4n) is 2.38. The minimum atomic E-state index is 0.280. The molecule has 0 bridgehead atoms. The number of hydrogen-bond donors (Lipinski definition) is 0. The molecule has 146 valence electrons. The Morgan fingerprint density at radius 3 is 2.36 bits per heavy atom. The Kier molecular flexibility index (Phi) is 6.69. The molecule has 0 atom stereocenters. The zero-order valence-corrected chi connectivity index (χ0v) is 16.2. The maximum absolute atomic E-state index is 6.36. The van der Waals surface area contributed by atoms with E-state index >= 15 is 0 Å². The summed E-state index contributed by atoms with van der Waals surface area (Å²) < 4.78 is 23.6. The highest BCUT2D eigenvalue weighted by atomic mass is 35.5. The summed E-state index contributed by atoms with van der Waals surface area (Å²) >= 11 is 6.36. The fraction of sp³-hybridized carbons (Fsp3) is 0.211. The Bertz CT molecular complexity index is 932. The molecule has 3 rings (SSSR count). The van der Waals surface area contributed by atoms with Crippen LogP contribution in [0, 0.1) is 0 Å². The van der Waals surface area contributed by atoms with Crippen molar-refractivity contribution in [2.24, 2.45) is 5.10 Å². The van der Waals surface area contributed by atoms with Gasteiger partial charge in [-0.25, -0.2) is 4.68 Å². The van der Waals surface area contributed by atoms with Gasteiger partial charge in [-0.2, -0.15) is 5.10 Å². The first-order valence-electron chi connectivity index (χ1n) is 8.36. The largest absolute Gasteiger partial charge is 0.493 e. The van der Waals surface area contributed by atoms with E-state index in [4.69, 9.17) is 30.5 Å². The summed E-state index contributed by atoms with van der Waals surface area (Å²) in [7, 11) is 3.14. The molecule has 0 saturated carbocycles. The molecule has 1 heterocycles. The van der Waals surface area contributed by atoms with Crippen molar-refractivity contribution < 1.29 is 18.9 Å². The first-order valence-corrected chi connectivity index (χ1v) is 8.74. The maximum Gasteiger partial charge on any atom is 0.179 e. The molecule has 3 aromatic rings. The second kappa shape index (κ2) is 9.61. The second-order valence-corrected chi connectivity index (χ2v) is 5.88. The molecule has 8 nitrogen and oxygen atoms in total. The molecule has 0 aliphatic carbocycles. The smallest absolute Gasteiger partial charge is 0.179 e. The molecular formula is C19H19ClN4O4. The van der Waals surface area contributed by atoms with Gasteiger partial charge < -0.3 is 18.9 Å². The Hall–Kier alpha value is -3.26. The third-order valence-corrected chi connectivity index (χ3v) is 3.94. The molecule has 0 saturated heterocycles. The van der Waals surface area contributed by atoms with Gasteiger partial charge in [-0.15, -0.1) is 10.2 Å². The zero-order chi connectivity index (χ0) is 19.8. The third kappa shape index (κ3) is 4.92. The van der Waals surface area contributed by atoms with E-state index in [0.29, 0.717) is 34.6 Å². The van der Waals surface area contributed by atoms with Crippen LogP contribution < -0.4 is 18.9 Å². The number of nitrogens with zero attached hydrogens (tertiary/aromatic N) is 4. The monoisotopic (exact) mass is 402 g/mol. The molecule has 0 aliphatic rings. The summed E-state index contributed by atoms with van der Waals surface area (Å²) in [6, 6.07) is 10.9. The van der Waals surface area contributed by atoms with Crippen LogP contribution in [0.25, 0.3) is 0 Å². The van der Waals surface area contributed by atoms with Gasteiger partial charge in [-0.1, -0.05) is 23.7 Å². The van der Waals surface area contributed by atoms with Gasteiger partial charge in [0, 0.05) is 0 Å². The average Bonchev–Trinajstić information content (AvgIpc) is 3.24. The lowest BCUT2D eigenvalue weighted by atomic mass is 10.2. The van der Waals surface area contributed by atoms with Crippen LogP contribution in [0.2, 0.25) is 5.02 Å². The molecule has 0 fully saturated rings. The highest BCUT2D eigenvalue weighted by molar-refractivity contribution is 6.32. The number of halogens is 1.